The van der Waals surface area contributed by atoms with Crippen LogP contribution < -0.4 is 5.73 Å². The maximum Gasteiger partial charge on any atom is 0.0496 e. The minimum atomic E-state index is 0.122. The molecule has 1 heterocycles. The Morgan fingerprint density at radius 3 is 2.58 bits per heavy atom. The Morgan fingerprint density at radius 2 is 2.05 bits per heavy atom. The molecule has 0 spiro atoms. The molecule has 0 aliphatic carbocycles. The van der Waals surface area contributed by atoms with Gasteiger partial charge in [-0.2, -0.15) is 0 Å². The molecule has 19 heavy (non-hydrogen) atoms. The molecule has 0 aromatic heterocycles. The fraction of sp³-hybridized carbons (Fsp3) is 0.625. The van der Waals surface area contributed by atoms with Gasteiger partial charge in [-0.15, -0.1) is 0 Å². The van der Waals surface area contributed by atoms with Gasteiger partial charge in [0, 0.05) is 17.1 Å². The lowest BCUT2D eigenvalue weighted by Crippen LogP contribution is -2.43. The lowest BCUT2D eigenvalue weighted by Gasteiger charge is -2.39. The lowest BCUT2D eigenvalue weighted by molar-refractivity contribution is 0.117. The van der Waals surface area contributed by atoms with Crippen molar-refractivity contribution >= 4 is 11.6 Å². The topological polar surface area (TPSA) is 29.3 Å². The van der Waals surface area contributed by atoms with E-state index in [0.29, 0.717) is 0 Å². The first-order valence-corrected chi connectivity index (χ1v) is 7.74. The molecular formula is C16H25ClN2. The summed E-state index contributed by atoms with van der Waals surface area (Å²) in [4.78, 5) is 2.53. The van der Waals surface area contributed by atoms with Crippen molar-refractivity contribution in [3.63, 3.8) is 0 Å². The number of benzene rings is 1. The average Bonchev–Trinajstić information content (AvgIpc) is 2.39. The summed E-state index contributed by atoms with van der Waals surface area (Å²) in [6.07, 6.45) is 3.88. The quantitative estimate of drug-likeness (QED) is 0.908. The Balaban J connectivity index is 2.13. The number of likely N-dealkylation sites (tertiary alicyclic amines) is 1. The maximum absolute atomic E-state index is 6.23. The zero-order valence-corrected chi connectivity index (χ0v) is 12.7. The predicted octanol–water partition coefficient (Wildman–Crippen LogP) is 3.85. The fourth-order valence-electron chi connectivity index (χ4n) is 3.18. The van der Waals surface area contributed by atoms with Gasteiger partial charge in [-0.3, -0.25) is 4.90 Å². The van der Waals surface area contributed by atoms with E-state index in [2.05, 4.69) is 30.9 Å². The third kappa shape index (κ3) is 3.71. The molecule has 2 unspecified atom stereocenters. The van der Waals surface area contributed by atoms with E-state index in [4.69, 9.17) is 17.3 Å². The third-order valence-electron chi connectivity index (χ3n) is 4.31. The van der Waals surface area contributed by atoms with Crippen molar-refractivity contribution in [1.29, 1.82) is 0 Å². The van der Waals surface area contributed by atoms with Gasteiger partial charge in [-0.25, -0.2) is 0 Å². The highest BCUT2D eigenvalue weighted by Crippen LogP contribution is 2.30. The molecule has 2 N–H and O–H groups in total. The molecule has 0 amide bonds. The molecule has 0 bridgehead atoms. The molecule has 3 heteroatoms. The van der Waals surface area contributed by atoms with Gasteiger partial charge in [0.1, 0.15) is 0 Å². The maximum atomic E-state index is 6.23. The molecule has 106 valence electrons. The minimum absolute atomic E-state index is 0.122. The van der Waals surface area contributed by atoms with E-state index in [1.54, 1.807) is 0 Å². The van der Waals surface area contributed by atoms with Crippen molar-refractivity contribution in [3.05, 3.63) is 34.9 Å². The highest BCUT2D eigenvalue weighted by Gasteiger charge is 2.27. The zero-order chi connectivity index (χ0) is 13.8. The summed E-state index contributed by atoms with van der Waals surface area (Å²) in [5, 5.41) is 0.798. The van der Waals surface area contributed by atoms with Gasteiger partial charge in [-0.1, -0.05) is 37.1 Å². The Hall–Kier alpha value is -0.570. The van der Waals surface area contributed by atoms with Crippen LogP contribution in [0.5, 0.6) is 0 Å². The van der Waals surface area contributed by atoms with Crippen LogP contribution in [0.3, 0.4) is 0 Å². The molecule has 1 saturated heterocycles. The monoisotopic (exact) mass is 280 g/mol. The van der Waals surface area contributed by atoms with Crippen LogP contribution in [0.15, 0.2) is 24.3 Å². The Kier molecular flexibility index (Phi) is 5.26. The summed E-state index contributed by atoms with van der Waals surface area (Å²) in [5.41, 5.74) is 7.48. The first kappa shape index (κ1) is 14.8. The standard InChI is InChI=1S/C16H25ClN2/c1-3-13-7-9-19(10-8-13)16(12(2)18)14-5-4-6-15(17)11-14/h4-6,11-13,16H,3,7-10,18H2,1-2H3. The second-order valence-electron chi connectivity index (χ2n) is 5.75. The number of nitrogens with two attached hydrogens (primary N) is 1. The number of nitrogens with zero attached hydrogens (tertiary/aromatic N) is 1. The van der Waals surface area contributed by atoms with Gasteiger partial charge in [0.05, 0.1) is 0 Å². The van der Waals surface area contributed by atoms with Gasteiger partial charge in [0.2, 0.25) is 0 Å². The molecule has 2 nitrogen and oxygen atoms in total. The summed E-state index contributed by atoms with van der Waals surface area (Å²) in [7, 11) is 0. The normalized spacial score (nSPS) is 21.3. The molecule has 1 aliphatic heterocycles. The number of hydrogen-bond acceptors (Lipinski definition) is 2. The summed E-state index contributed by atoms with van der Waals surface area (Å²) < 4.78 is 0. The van der Waals surface area contributed by atoms with Gasteiger partial charge in [0.15, 0.2) is 0 Å². The van der Waals surface area contributed by atoms with Crippen LogP contribution in [0.25, 0.3) is 0 Å². The van der Waals surface area contributed by atoms with Crippen molar-refractivity contribution < 1.29 is 0 Å². The second-order valence-corrected chi connectivity index (χ2v) is 6.18. The largest absolute Gasteiger partial charge is 0.326 e. The third-order valence-corrected chi connectivity index (χ3v) is 4.54. The predicted molar refractivity (Wildman–Crippen MR) is 82.4 cm³/mol. The van der Waals surface area contributed by atoms with Gasteiger partial charge >= 0.3 is 0 Å². The SMILES string of the molecule is CCC1CCN(C(c2cccc(Cl)c2)C(C)N)CC1. The fourth-order valence-corrected chi connectivity index (χ4v) is 3.38. The van der Waals surface area contributed by atoms with Gasteiger partial charge < -0.3 is 5.73 Å². The molecule has 2 atom stereocenters. The van der Waals surface area contributed by atoms with Crippen LogP contribution >= 0.6 is 11.6 Å². The summed E-state index contributed by atoms with van der Waals surface area (Å²) in [6, 6.07) is 8.55. The van der Waals surface area contributed by atoms with Crippen LogP contribution in [0.1, 0.15) is 44.7 Å². The van der Waals surface area contributed by atoms with E-state index in [9.17, 15) is 0 Å². The first-order valence-electron chi connectivity index (χ1n) is 7.37. The van der Waals surface area contributed by atoms with E-state index in [1.807, 2.05) is 12.1 Å². The van der Waals surface area contributed by atoms with E-state index in [0.717, 1.165) is 24.0 Å². The second kappa shape index (κ2) is 6.74. The van der Waals surface area contributed by atoms with Crippen molar-refractivity contribution in [2.24, 2.45) is 11.7 Å². The van der Waals surface area contributed by atoms with Crippen molar-refractivity contribution in [3.8, 4) is 0 Å². The van der Waals surface area contributed by atoms with E-state index in [-0.39, 0.29) is 12.1 Å². The molecule has 1 aliphatic rings. The number of halogens is 1. The zero-order valence-electron chi connectivity index (χ0n) is 12.0. The van der Waals surface area contributed by atoms with E-state index in [1.165, 1.54) is 24.8 Å². The van der Waals surface area contributed by atoms with Crippen molar-refractivity contribution in [1.82, 2.24) is 4.90 Å². The van der Waals surface area contributed by atoms with Gasteiger partial charge in [0.25, 0.3) is 0 Å². The lowest BCUT2D eigenvalue weighted by atomic mass is 9.91. The van der Waals surface area contributed by atoms with Crippen molar-refractivity contribution in [2.75, 3.05) is 13.1 Å². The average molecular weight is 281 g/mol. The first-order chi connectivity index (χ1) is 9.11. The molecule has 2 rings (SSSR count). The number of piperidine rings is 1. The van der Waals surface area contributed by atoms with Crippen LogP contribution in [0.4, 0.5) is 0 Å². The highest BCUT2D eigenvalue weighted by molar-refractivity contribution is 6.30. The van der Waals surface area contributed by atoms with Crippen LogP contribution in [0, 0.1) is 5.92 Å². The molecule has 0 radical (unpaired) electrons. The van der Waals surface area contributed by atoms with Crippen LogP contribution in [0.2, 0.25) is 5.02 Å². The molecule has 1 fully saturated rings. The van der Waals surface area contributed by atoms with E-state index >= 15 is 0 Å². The summed E-state index contributed by atoms with van der Waals surface area (Å²) >= 11 is 6.12. The highest BCUT2D eigenvalue weighted by atomic mass is 35.5. The summed E-state index contributed by atoms with van der Waals surface area (Å²) in [5.74, 6) is 0.893. The van der Waals surface area contributed by atoms with Crippen molar-refractivity contribution in [2.45, 2.75) is 45.2 Å². The van der Waals surface area contributed by atoms with Gasteiger partial charge in [-0.05, 0) is 56.5 Å². The smallest absolute Gasteiger partial charge is 0.0496 e. The van der Waals surface area contributed by atoms with Crippen LogP contribution in [-0.4, -0.2) is 24.0 Å². The van der Waals surface area contributed by atoms with E-state index < -0.39 is 0 Å². The number of rotatable bonds is 4. The Bertz CT molecular complexity index is 397. The Labute approximate surface area is 121 Å². The molecule has 1 aromatic carbocycles. The minimum Gasteiger partial charge on any atom is -0.326 e. The summed E-state index contributed by atoms with van der Waals surface area (Å²) in [6.45, 7) is 6.69. The molecule has 0 saturated carbocycles. The van der Waals surface area contributed by atoms with Crippen LogP contribution in [-0.2, 0) is 0 Å². The molecule has 1 aromatic rings. The molecular weight excluding hydrogens is 256 g/mol. The number of hydrogen-bond donors (Lipinski definition) is 1. The Morgan fingerprint density at radius 1 is 1.37 bits per heavy atom.